The van der Waals surface area contributed by atoms with Crippen molar-refractivity contribution in [3.8, 4) is 17.1 Å². The molecule has 20 nitrogen and oxygen atoms in total. The van der Waals surface area contributed by atoms with Crippen molar-refractivity contribution in [2.24, 2.45) is 11.8 Å². The summed E-state index contributed by atoms with van der Waals surface area (Å²) in [5.74, 6) is -5.71. The fourth-order valence-corrected chi connectivity index (χ4v) is 8.36. The van der Waals surface area contributed by atoms with Gasteiger partial charge in [0, 0.05) is 76.8 Å². The number of carbonyl (C=O) groups is 5. The Morgan fingerprint density at radius 2 is 1.52 bits per heavy atom. The average molecular weight is 983 g/mol. The summed E-state index contributed by atoms with van der Waals surface area (Å²) in [6.45, 7) is 7.37. The SMILES string of the molecule is CCC(CC(=O)O)CC(CC(=O)O)C(=O)NC(CC(=O)O)C(=O)NCCCON(C)CCN(CCCN1CCOCC1)Oc1c(Cc2ccco2)nc2c(Cc3ccccc3)nc(-c3ccccc3)cn12. The van der Waals surface area contributed by atoms with E-state index in [1.54, 1.807) is 25.3 Å². The van der Waals surface area contributed by atoms with E-state index in [0.717, 1.165) is 54.3 Å². The van der Waals surface area contributed by atoms with Crippen molar-refractivity contribution >= 4 is 35.4 Å². The Bertz CT molecular complexity index is 2470. The maximum Gasteiger partial charge on any atom is 0.305 e. The Hall–Kier alpha value is -6.71. The molecule has 4 heterocycles. The number of amides is 2. The highest BCUT2D eigenvalue weighted by atomic mass is 16.7. The second-order valence-electron chi connectivity index (χ2n) is 17.6. The Labute approximate surface area is 412 Å². The summed E-state index contributed by atoms with van der Waals surface area (Å²) in [5.41, 5.74) is 4.94. The fourth-order valence-electron chi connectivity index (χ4n) is 8.36. The minimum atomic E-state index is -1.49. The molecule has 20 heteroatoms. The molecule has 0 aliphatic carbocycles. The van der Waals surface area contributed by atoms with Gasteiger partial charge in [-0.2, -0.15) is 5.06 Å². The third-order valence-electron chi connectivity index (χ3n) is 12.2. The van der Waals surface area contributed by atoms with Gasteiger partial charge in [-0.1, -0.05) is 74.0 Å². The number of furan rings is 1. The number of nitrogens with one attached hydrogen (secondary N) is 2. The van der Waals surface area contributed by atoms with E-state index in [-0.39, 0.29) is 26.0 Å². The first-order valence-corrected chi connectivity index (χ1v) is 24.2. The largest absolute Gasteiger partial charge is 0.481 e. The van der Waals surface area contributed by atoms with Crippen molar-refractivity contribution in [3.05, 3.63) is 108 Å². The molecular formula is C51H66N8O12. The van der Waals surface area contributed by atoms with Crippen molar-refractivity contribution in [2.45, 2.75) is 70.8 Å². The van der Waals surface area contributed by atoms with Crippen LogP contribution in [0.2, 0.25) is 0 Å². The number of carbonyl (C=O) groups excluding carboxylic acids is 2. The molecule has 2 aromatic carbocycles. The maximum absolute atomic E-state index is 13.2. The lowest BCUT2D eigenvalue weighted by Gasteiger charge is -2.29. The summed E-state index contributed by atoms with van der Waals surface area (Å²) in [6, 6.07) is 22.4. The molecule has 0 saturated carbocycles. The number of carboxylic acid groups (broad SMARTS) is 3. The predicted octanol–water partition coefficient (Wildman–Crippen LogP) is 4.80. The summed E-state index contributed by atoms with van der Waals surface area (Å²) < 4.78 is 13.4. The average Bonchev–Trinajstić information content (AvgIpc) is 4.00. The first kappa shape index (κ1) is 53.6. The molecule has 3 unspecified atom stereocenters. The van der Waals surface area contributed by atoms with Crippen LogP contribution >= 0.6 is 0 Å². The van der Waals surface area contributed by atoms with Crippen LogP contribution in [0.25, 0.3) is 16.9 Å². The number of nitrogens with zero attached hydrogens (tertiary/aromatic N) is 6. The van der Waals surface area contributed by atoms with Crippen LogP contribution in [-0.2, 0) is 46.4 Å². The number of aliphatic carboxylic acids is 3. The second-order valence-corrected chi connectivity index (χ2v) is 17.6. The van der Waals surface area contributed by atoms with Crippen LogP contribution in [0.15, 0.2) is 89.7 Å². The van der Waals surface area contributed by atoms with Gasteiger partial charge in [0.15, 0.2) is 5.65 Å². The maximum atomic E-state index is 13.2. The zero-order valence-corrected chi connectivity index (χ0v) is 40.4. The van der Waals surface area contributed by atoms with Gasteiger partial charge < -0.3 is 39.9 Å². The number of ether oxygens (including phenoxy) is 1. The number of aromatic nitrogens is 3. The van der Waals surface area contributed by atoms with E-state index in [1.807, 2.05) is 76.3 Å². The molecule has 1 fully saturated rings. The summed E-state index contributed by atoms with van der Waals surface area (Å²) in [4.78, 5) is 86.7. The number of benzene rings is 2. The van der Waals surface area contributed by atoms with Crippen molar-refractivity contribution in [3.63, 3.8) is 0 Å². The Balaban J connectivity index is 1.13. The summed E-state index contributed by atoms with van der Waals surface area (Å²) >= 11 is 0. The molecule has 1 aliphatic rings. The fraction of sp³-hybridized carbons (Fsp3) is 0.471. The zero-order chi connectivity index (χ0) is 50.5. The molecule has 71 heavy (non-hydrogen) atoms. The van der Waals surface area contributed by atoms with Gasteiger partial charge in [-0.05, 0) is 49.4 Å². The van der Waals surface area contributed by atoms with Crippen molar-refractivity contribution in [2.75, 3.05) is 72.7 Å². The highest BCUT2D eigenvalue weighted by Gasteiger charge is 2.31. The zero-order valence-electron chi connectivity index (χ0n) is 40.4. The lowest BCUT2D eigenvalue weighted by Crippen LogP contribution is -2.50. The second kappa shape index (κ2) is 27.6. The van der Waals surface area contributed by atoms with Crippen molar-refractivity contribution in [1.29, 1.82) is 0 Å². The molecule has 0 spiro atoms. The van der Waals surface area contributed by atoms with E-state index in [9.17, 15) is 39.3 Å². The number of rotatable bonds is 31. The van der Waals surface area contributed by atoms with E-state index in [0.29, 0.717) is 75.8 Å². The van der Waals surface area contributed by atoms with E-state index in [4.69, 9.17) is 28.8 Å². The van der Waals surface area contributed by atoms with Gasteiger partial charge >= 0.3 is 17.9 Å². The number of imidazole rings is 1. The minimum Gasteiger partial charge on any atom is -0.481 e. The summed E-state index contributed by atoms with van der Waals surface area (Å²) in [5, 5.41) is 36.9. The summed E-state index contributed by atoms with van der Waals surface area (Å²) in [7, 11) is 1.79. The normalized spacial score (nSPS) is 14.3. The van der Waals surface area contributed by atoms with Crippen LogP contribution in [0.4, 0.5) is 0 Å². The molecule has 2 amide bonds. The van der Waals surface area contributed by atoms with Crippen LogP contribution in [-0.4, -0.2) is 153 Å². The van der Waals surface area contributed by atoms with Gasteiger partial charge in [0.2, 0.25) is 17.7 Å². The standard InChI is InChI=1S/C51H66N8O12/c1-3-36(31-45(60)61)29-39(32-46(62)63)49(66)55-42(34-47(64)65)50(67)52-18-11-26-70-56(2)21-22-58(20-12-19-57-23-27-68-28-24-57)71-51-43(33-40-17-10-25-69-40)54-48-41(30-37-13-6-4-7-14-37)53-44(35-59(48)51)38-15-8-5-9-16-38/h4-10,13-17,25,35-36,39,42H,3,11-12,18-24,26-34H2,1-2H3,(H,52,67)(H,55,66)(H,60,61)(H,62,63)(H,64,65). The number of likely N-dealkylation sites (N-methyl/N-ethyl adjacent to an activating group) is 1. The molecule has 382 valence electrons. The summed E-state index contributed by atoms with van der Waals surface area (Å²) in [6.07, 6.45) is 4.37. The molecule has 3 aromatic heterocycles. The highest BCUT2D eigenvalue weighted by Crippen LogP contribution is 2.30. The quantitative estimate of drug-likeness (QED) is 0.0295. The topological polar surface area (TPSA) is 251 Å². The molecule has 0 bridgehead atoms. The lowest BCUT2D eigenvalue weighted by atomic mass is 9.87. The predicted molar refractivity (Wildman–Crippen MR) is 260 cm³/mol. The van der Waals surface area contributed by atoms with Gasteiger partial charge in [-0.3, -0.25) is 38.1 Å². The molecule has 1 saturated heterocycles. The smallest absolute Gasteiger partial charge is 0.305 e. The Morgan fingerprint density at radius 1 is 0.803 bits per heavy atom. The van der Waals surface area contributed by atoms with Crippen molar-refractivity contribution in [1.82, 2.24) is 40.0 Å². The van der Waals surface area contributed by atoms with E-state index < -0.39 is 60.4 Å². The third kappa shape index (κ3) is 17.3. The van der Waals surface area contributed by atoms with Crippen LogP contribution in [0.1, 0.15) is 74.6 Å². The number of morpholine rings is 1. The highest BCUT2D eigenvalue weighted by molar-refractivity contribution is 5.92. The molecular weight excluding hydrogens is 917 g/mol. The number of carboxylic acids is 3. The number of fused-ring (bicyclic) bond motifs is 1. The van der Waals surface area contributed by atoms with Crippen LogP contribution in [0, 0.1) is 11.8 Å². The molecule has 6 rings (SSSR count). The third-order valence-corrected chi connectivity index (χ3v) is 12.2. The van der Waals surface area contributed by atoms with Gasteiger partial charge in [-0.15, -0.1) is 5.06 Å². The lowest BCUT2D eigenvalue weighted by molar-refractivity contribution is -0.158. The van der Waals surface area contributed by atoms with Gasteiger partial charge in [0.05, 0.1) is 56.7 Å². The molecule has 0 radical (unpaired) electrons. The van der Waals surface area contributed by atoms with Gasteiger partial charge in [0.25, 0.3) is 0 Å². The van der Waals surface area contributed by atoms with E-state index in [1.165, 1.54) is 0 Å². The monoisotopic (exact) mass is 982 g/mol. The Kier molecular flexibility index (Phi) is 20.9. The van der Waals surface area contributed by atoms with Gasteiger partial charge in [-0.25, -0.2) is 9.97 Å². The number of hydrogen-bond acceptors (Lipinski definition) is 14. The van der Waals surface area contributed by atoms with Gasteiger partial charge in [0.1, 0.15) is 17.5 Å². The van der Waals surface area contributed by atoms with Crippen LogP contribution < -0.4 is 15.5 Å². The molecule has 1 aliphatic heterocycles. The number of hydrogen-bond donors (Lipinski definition) is 5. The first-order chi connectivity index (χ1) is 34.3. The van der Waals surface area contributed by atoms with Crippen molar-refractivity contribution < 1.29 is 58.1 Å². The minimum absolute atomic E-state index is 0.0533. The first-order valence-electron chi connectivity index (χ1n) is 24.2. The molecule has 3 atom stereocenters. The van der Waals surface area contributed by atoms with E-state index in [2.05, 4.69) is 27.7 Å². The van der Waals surface area contributed by atoms with Crippen LogP contribution in [0.3, 0.4) is 0 Å². The van der Waals surface area contributed by atoms with Crippen LogP contribution in [0.5, 0.6) is 5.88 Å². The number of hydroxylamine groups is 4. The van der Waals surface area contributed by atoms with E-state index >= 15 is 0 Å². The molecule has 5 aromatic rings. The molecule has 5 N–H and O–H groups in total. The Morgan fingerprint density at radius 3 is 2.20 bits per heavy atom.